The lowest BCUT2D eigenvalue weighted by atomic mass is 9.95. The van der Waals surface area contributed by atoms with Crippen LogP contribution in [0.15, 0.2) is 24.3 Å². The molecule has 0 saturated carbocycles. The van der Waals surface area contributed by atoms with Crippen molar-refractivity contribution in [2.45, 2.75) is 51.7 Å². The first-order valence-corrected chi connectivity index (χ1v) is 8.29. The summed E-state index contributed by atoms with van der Waals surface area (Å²) in [5.74, 6) is 1.41. The van der Waals surface area contributed by atoms with Gasteiger partial charge in [-0.15, -0.1) is 0 Å². The Morgan fingerprint density at radius 3 is 2.75 bits per heavy atom. The summed E-state index contributed by atoms with van der Waals surface area (Å²) in [5.41, 5.74) is 2.95. The number of aromatic nitrogens is 2. The van der Waals surface area contributed by atoms with Gasteiger partial charge in [0.1, 0.15) is 17.5 Å². The molecule has 0 amide bonds. The average molecular weight is 329 g/mol. The molecule has 3 rings (SSSR count). The smallest absolute Gasteiger partial charge is 0.136 e. The Bertz CT molecular complexity index is 740. The van der Waals surface area contributed by atoms with Crippen molar-refractivity contribution >= 4 is 5.82 Å². The molecule has 1 aromatic carbocycles. The van der Waals surface area contributed by atoms with Crippen LogP contribution in [0.5, 0.6) is 0 Å². The number of benzene rings is 1. The van der Waals surface area contributed by atoms with Crippen molar-refractivity contribution in [1.82, 2.24) is 9.97 Å². The number of halogens is 1. The van der Waals surface area contributed by atoms with Crippen molar-refractivity contribution in [2.24, 2.45) is 0 Å². The highest BCUT2D eigenvalue weighted by Gasteiger charge is 2.24. The van der Waals surface area contributed by atoms with E-state index in [0.717, 1.165) is 41.3 Å². The number of hydrogen-bond acceptors (Lipinski definition) is 4. The SMILES string of the molecule is COCc1cc(NC2CCc3cc(F)ccc32)nc(C(C)(C)C)n1. The van der Waals surface area contributed by atoms with Gasteiger partial charge < -0.3 is 10.1 Å². The molecule has 2 aromatic rings. The Kier molecular flexibility index (Phi) is 4.54. The predicted octanol–water partition coefficient (Wildman–Crippen LogP) is 4.16. The zero-order chi connectivity index (χ0) is 17.3. The number of hydrogen-bond donors (Lipinski definition) is 1. The Labute approximate surface area is 142 Å². The van der Waals surface area contributed by atoms with Gasteiger partial charge >= 0.3 is 0 Å². The minimum Gasteiger partial charge on any atom is -0.378 e. The Balaban J connectivity index is 1.89. The first-order chi connectivity index (χ1) is 11.4. The zero-order valence-electron chi connectivity index (χ0n) is 14.7. The van der Waals surface area contributed by atoms with Crippen LogP contribution < -0.4 is 5.32 Å². The molecule has 0 spiro atoms. The lowest BCUT2D eigenvalue weighted by molar-refractivity contribution is 0.181. The molecule has 1 aliphatic carbocycles. The van der Waals surface area contributed by atoms with Crippen LogP contribution in [0.4, 0.5) is 10.2 Å². The van der Waals surface area contributed by atoms with Gasteiger partial charge in [0, 0.05) is 18.6 Å². The molecule has 0 saturated heterocycles. The van der Waals surface area contributed by atoms with Gasteiger partial charge in [0.15, 0.2) is 0 Å². The minimum absolute atomic E-state index is 0.142. The van der Waals surface area contributed by atoms with Gasteiger partial charge in [-0.1, -0.05) is 26.8 Å². The molecule has 24 heavy (non-hydrogen) atoms. The molecule has 5 heteroatoms. The number of methoxy groups -OCH3 is 1. The number of fused-ring (bicyclic) bond motifs is 1. The van der Waals surface area contributed by atoms with Crippen molar-refractivity contribution < 1.29 is 9.13 Å². The van der Waals surface area contributed by atoms with Crippen LogP contribution in [0.2, 0.25) is 0 Å². The molecule has 1 heterocycles. The van der Waals surface area contributed by atoms with Crippen molar-refractivity contribution in [3.8, 4) is 0 Å². The highest BCUT2D eigenvalue weighted by atomic mass is 19.1. The second kappa shape index (κ2) is 6.48. The van der Waals surface area contributed by atoms with E-state index in [-0.39, 0.29) is 17.3 Å². The maximum absolute atomic E-state index is 13.4. The number of ether oxygens (including phenoxy) is 1. The van der Waals surface area contributed by atoms with Gasteiger partial charge in [-0.3, -0.25) is 0 Å². The van der Waals surface area contributed by atoms with Crippen LogP contribution in [0, 0.1) is 5.82 Å². The highest BCUT2D eigenvalue weighted by molar-refractivity contribution is 5.44. The van der Waals surface area contributed by atoms with Crippen LogP contribution in [0.25, 0.3) is 0 Å². The third kappa shape index (κ3) is 3.56. The minimum atomic E-state index is -0.172. The highest BCUT2D eigenvalue weighted by Crippen LogP contribution is 2.34. The van der Waals surface area contributed by atoms with Crippen LogP contribution >= 0.6 is 0 Å². The maximum Gasteiger partial charge on any atom is 0.136 e. The molecule has 1 unspecified atom stereocenters. The summed E-state index contributed by atoms with van der Waals surface area (Å²) >= 11 is 0. The van der Waals surface area contributed by atoms with Crippen LogP contribution in [0.1, 0.15) is 55.9 Å². The van der Waals surface area contributed by atoms with Gasteiger partial charge in [-0.25, -0.2) is 14.4 Å². The summed E-state index contributed by atoms with van der Waals surface area (Å²) in [4.78, 5) is 9.29. The summed E-state index contributed by atoms with van der Waals surface area (Å²) in [7, 11) is 1.66. The summed E-state index contributed by atoms with van der Waals surface area (Å²) in [6.07, 6.45) is 1.82. The summed E-state index contributed by atoms with van der Waals surface area (Å²) < 4.78 is 18.6. The number of rotatable bonds is 4. The molecule has 1 atom stereocenters. The quantitative estimate of drug-likeness (QED) is 0.915. The fourth-order valence-electron chi connectivity index (χ4n) is 3.04. The van der Waals surface area contributed by atoms with Gasteiger partial charge in [0.2, 0.25) is 0 Å². The molecule has 0 fully saturated rings. The molecular formula is C19H24FN3O. The summed E-state index contributed by atoms with van der Waals surface area (Å²) in [6.45, 7) is 6.73. The molecule has 128 valence electrons. The largest absolute Gasteiger partial charge is 0.378 e. The number of nitrogens with one attached hydrogen (secondary N) is 1. The van der Waals surface area contributed by atoms with Gasteiger partial charge in [-0.2, -0.15) is 0 Å². The van der Waals surface area contributed by atoms with Crippen LogP contribution in [-0.4, -0.2) is 17.1 Å². The fourth-order valence-corrected chi connectivity index (χ4v) is 3.04. The van der Waals surface area contributed by atoms with Crippen LogP contribution in [0.3, 0.4) is 0 Å². The zero-order valence-corrected chi connectivity index (χ0v) is 14.7. The van der Waals surface area contributed by atoms with Crippen LogP contribution in [-0.2, 0) is 23.2 Å². The van der Waals surface area contributed by atoms with Crippen molar-refractivity contribution in [3.63, 3.8) is 0 Å². The molecule has 1 aliphatic rings. The third-order valence-corrected chi connectivity index (χ3v) is 4.25. The van der Waals surface area contributed by atoms with E-state index in [1.54, 1.807) is 13.2 Å². The van der Waals surface area contributed by atoms with E-state index >= 15 is 0 Å². The van der Waals surface area contributed by atoms with E-state index in [9.17, 15) is 4.39 Å². The second-order valence-corrected chi connectivity index (χ2v) is 7.33. The van der Waals surface area contributed by atoms with Gasteiger partial charge in [-0.05, 0) is 36.1 Å². The summed E-state index contributed by atoms with van der Waals surface area (Å²) in [5, 5.41) is 3.50. The van der Waals surface area contributed by atoms with E-state index in [2.05, 4.69) is 36.1 Å². The van der Waals surface area contributed by atoms with Crippen molar-refractivity contribution in [2.75, 3.05) is 12.4 Å². The first kappa shape index (κ1) is 16.8. The topological polar surface area (TPSA) is 47.0 Å². The number of nitrogens with zero attached hydrogens (tertiary/aromatic N) is 2. The Morgan fingerprint density at radius 1 is 1.25 bits per heavy atom. The molecule has 0 bridgehead atoms. The molecule has 4 nitrogen and oxygen atoms in total. The normalized spacial score (nSPS) is 17.0. The van der Waals surface area contributed by atoms with Gasteiger partial charge in [0.25, 0.3) is 0 Å². The molecule has 0 radical (unpaired) electrons. The molecular weight excluding hydrogens is 305 g/mol. The monoisotopic (exact) mass is 329 g/mol. The molecule has 0 aliphatic heterocycles. The van der Waals surface area contributed by atoms with E-state index in [4.69, 9.17) is 4.74 Å². The molecule has 1 N–H and O–H groups in total. The predicted molar refractivity (Wildman–Crippen MR) is 92.5 cm³/mol. The lowest BCUT2D eigenvalue weighted by Crippen LogP contribution is -2.19. The Hall–Kier alpha value is -2.01. The first-order valence-electron chi connectivity index (χ1n) is 8.29. The lowest BCUT2D eigenvalue weighted by Gasteiger charge is -2.21. The maximum atomic E-state index is 13.4. The average Bonchev–Trinajstić information content (AvgIpc) is 2.88. The van der Waals surface area contributed by atoms with E-state index < -0.39 is 0 Å². The number of anilines is 1. The number of aryl methyl sites for hydroxylation is 1. The van der Waals surface area contributed by atoms with Crippen molar-refractivity contribution in [3.05, 3.63) is 52.7 Å². The summed E-state index contributed by atoms with van der Waals surface area (Å²) in [6, 6.07) is 7.11. The van der Waals surface area contributed by atoms with E-state index in [1.807, 2.05) is 12.1 Å². The van der Waals surface area contributed by atoms with Crippen molar-refractivity contribution in [1.29, 1.82) is 0 Å². The third-order valence-electron chi connectivity index (χ3n) is 4.25. The Morgan fingerprint density at radius 2 is 2.04 bits per heavy atom. The molecule has 1 aromatic heterocycles. The van der Waals surface area contributed by atoms with Gasteiger partial charge in [0.05, 0.1) is 18.3 Å². The standard InChI is InChI=1S/C19H24FN3O/c1-19(2,3)18-21-14(11-24-4)10-17(23-18)22-16-8-5-12-9-13(20)6-7-15(12)16/h6-7,9-10,16H,5,8,11H2,1-4H3,(H,21,22,23). The van der Waals surface area contributed by atoms with E-state index in [1.165, 1.54) is 6.07 Å². The second-order valence-electron chi connectivity index (χ2n) is 7.33. The fraction of sp³-hybridized carbons (Fsp3) is 0.474. The van der Waals surface area contributed by atoms with E-state index in [0.29, 0.717) is 6.61 Å².